The Morgan fingerprint density at radius 2 is 1.82 bits per heavy atom. The van der Waals surface area contributed by atoms with Crippen LogP contribution in [-0.4, -0.2) is 40.2 Å². The molecule has 0 aliphatic carbocycles. The van der Waals surface area contributed by atoms with E-state index in [1.165, 1.54) is 35.3 Å². The van der Waals surface area contributed by atoms with Crippen molar-refractivity contribution >= 4 is 34.8 Å². The molecule has 1 amide bonds. The van der Waals surface area contributed by atoms with Crippen molar-refractivity contribution in [3.63, 3.8) is 0 Å². The number of hydrogen-bond acceptors (Lipinski definition) is 6. The Kier molecular flexibility index (Phi) is 7.95. The van der Waals surface area contributed by atoms with Gasteiger partial charge in [-0.2, -0.15) is 9.78 Å². The molecule has 0 saturated heterocycles. The first-order valence-electron chi connectivity index (χ1n) is 13.6. The molecule has 10 nitrogen and oxygen atoms in total. The third-order valence-corrected chi connectivity index (χ3v) is 7.96. The maximum Gasteiger partial charge on any atom is 0.505 e. The summed E-state index contributed by atoms with van der Waals surface area (Å²) in [5.41, 5.74) is -0.327. The zero-order chi connectivity index (χ0) is 32.0. The van der Waals surface area contributed by atoms with Gasteiger partial charge in [-0.25, -0.2) is 9.07 Å². The average molecular weight is 661 g/mol. The SMILES string of the molecule is CC1CCCC(n2cc(F)c(-c3cc(Cl)ccc3-n3cc(Cl)nn3)cc2=O)c2cc(ccn2)-c2c(cnn2C(F)(F)F)NC1=O. The monoisotopic (exact) mass is 660 g/mol. The van der Waals surface area contributed by atoms with Crippen molar-refractivity contribution in [1.82, 2.24) is 34.3 Å². The van der Waals surface area contributed by atoms with Crippen LogP contribution in [0.1, 0.15) is 37.9 Å². The molecule has 2 unspecified atom stereocenters. The molecule has 2 atom stereocenters. The van der Waals surface area contributed by atoms with Crippen molar-refractivity contribution in [3.05, 3.63) is 93.2 Å². The van der Waals surface area contributed by atoms with Crippen molar-refractivity contribution in [3.8, 4) is 28.1 Å². The second-order valence-electron chi connectivity index (χ2n) is 10.5. The van der Waals surface area contributed by atoms with Gasteiger partial charge in [0.25, 0.3) is 5.56 Å². The normalized spacial score (nSPS) is 17.3. The van der Waals surface area contributed by atoms with E-state index in [1.807, 2.05) is 0 Å². The Bertz CT molecular complexity index is 1990. The lowest BCUT2D eigenvalue weighted by Crippen LogP contribution is -2.27. The molecule has 0 radical (unpaired) electrons. The van der Waals surface area contributed by atoms with Crippen LogP contribution in [0.4, 0.5) is 23.2 Å². The van der Waals surface area contributed by atoms with Crippen molar-refractivity contribution in [1.29, 1.82) is 0 Å². The maximum atomic E-state index is 16.0. The van der Waals surface area contributed by atoms with Crippen LogP contribution in [0, 0.1) is 11.7 Å². The molecule has 0 spiro atoms. The number of fused-ring (bicyclic) bond motifs is 4. The van der Waals surface area contributed by atoms with Crippen LogP contribution in [-0.2, 0) is 11.1 Å². The van der Waals surface area contributed by atoms with Gasteiger partial charge in [0, 0.05) is 46.1 Å². The molecule has 232 valence electrons. The smallest absolute Gasteiger partial charge is 0.323 e. The number of pyridine rings is 2. The molecule has 1 N–H and O–H groups in total. The fourth-order valence-electron chi connectivity index (χ4n) is 5.38. The van der Waals surface area contributed by atoms with E-state index in [9.17, 15) is 22.8 Å². The van der Waals surface area contributed by atoms with Gasteiger partial charge >= 0.3 is 6.30 Å². The van der Waals surface area contributed by atoms with Crippen LogP contribution in [0.25, 0.3) is 28.1 Å². The van der Waals surface area contributed by atoms with Gasteiger partial charge in [0.2, 0.25) is 5.91 Å². The highest BCUT2D eigenvalue weighted by atomic mass is 35.5. The first-order valence-corrected chi connectivity index (χ1v) is 14.4. The number of nitrogens with one attached hydrogen (secondary N) is 1. The minimum absolute atomic E-state index is 0.0450. The van der Waals surface area contributed by atoms with Crippen LogP contribution in [0.15, 0.2) is 66.0 Å². The fraction of sp³-hybridized carbons (Fsp3) is 0.241. The summed E-state index contributed by atoms with van der Waals surface area (Å²) in [6.07, 6.45) is 0.773. The number of benzene rings is 1. The first-order chi connectivity index (χ1) is 21.4. The van der Waals surface area contributed by atoms with Gasteiger partial charge in [-0.3, -0.25) is 14.6 Å². The number of anilines is 1. The molecular formula is C29H22Cl2F4N8O2. The molecule has 1 aliphatic heterocycles. The number of hydrogen-bond donors (Lipinski definition) is 1. The van der Waals surface area contributed by atoms with E-state index >= 15 is 4.39 Å². The summed E-state index contributed by atoms with van der Waals surface area (Å²) in [4.78, 5) is 30.9. The predicted octanol–water partition coefficient (Wildman–Crippen LogP) is 6.62. The van der Waals surface area contributed by atoms with Crippen LogP contribution < -0.4 is 10.9 Å². The molecule has 1 aromatic carbocycles. The molecule has 16 heteroatoms. The summed E-state index contributed by atoms with van der Waals surface area (Å²) in [7, 11) is 0. The van der Waals surface area contributed by atoms with Crippen LogP contribution in [0.5, 0.6) is 0 Å². The lowest BCUT2D eigenvalue weighted by molar-refractivity contribution is -0.210. The minimum atomic E-state index is -4.89. The maximum absolute atomic E-state index is 16.0. The van der Waals surface area contributed by atoms with Crippen molar-refractivity contribution < 1.29 is 22.4 Å². The van der Waals surface area contributed by atoms with Gasteiger partial charge in [-0.05, 0) is 43.2 Å². The standard InChI is InChI=1S/C29H22Cl2F4N8O2/c1-15-3-2-4-24(21-9-16(7-8-36-21)27-22(38-28(15)45)12-37-43(27)29(33,34)35)41-13-20(32)18(11-26(41)44)19-10-17(30)5-6-23(19)42-14-25(31)39-40-42/h5-15,24H,2-4H2,1H3,(H,38,45). The fourth-order valence-corrected chi connectivity index (χ4v) is 5.68. The average Bonchev–Trinajstić information content (AvgIpc) is 3.62. The lowest BCUT2D eigenvalue weighted by Gasteiger charge is -2.23. The van der Waals surface area contributed by atoms with Crippen molar-refractivity contribution in [2.24, 2.45) is 5.92 Å². The second kappa shape index (κ2) is 11.7. The third-order valence-electron chi connectivity index (χ3n) is 7.55. The largest absolute Gasteiger partial charge is 0.505 e. The molecule has 2 bridgehead atoms. The lowest BCUT2D eigenvalue weighted by atomic mass is 9.96. The van der Waals surface area contributed by atoms with Gasteiger partial charge in [-0.15, -0.1) is 18.3 Å². The number of carbonyl (C=O) groups is 1. The molecule has 4 aromatic heterocycles. The highest BCUT2D eigenvalue weighted by Gasteiger charge is 2.37. The number of carbonyl (C=O) groups excluding carboxylic acids is 1. The predicted molar refractivity (Wildman–Crippen MR) is 158 cm³/mol. The summed E-state index contributed by atoms with van der Waals surface area (Å²) in [6.45, 7) is 1.65. The Balaban J connectivity index is 1.49. The minimum Gasteiger partial charge on any atom is -0.323 e. The van der Waals surface area contributed by atoms with Crippen molar-refractivity contribution in [2.75, 3.05) is 5.32 Å². The number of aromatic nitrogens is 7. The van der Waals surface area contributed by atoms with E-state index in [0.717, 1.165) is 23.0 Å². The van der Waals surface area contributed by atoms with Crippen LogP contribution >= 0.6 is 23.2 Å². The van der Waals surface area contributed by atoms with Crippen molar-refractivity contribution in [2.45, 2.75) is 38.5 Å². The molecule has 5 heterocycles. The Morgan fingerprint density at radius 3 is 2.56 bits per heavy atom. The zero-order valence-electron chi connectivity index (χ0n) is 23.3. The quantitative estimate of drug-likeness (QED) is 0.218. The molecule has 0 saturated carbocycles. The van der Waals surface area contributed by atoms with E-state index < -0.39 is 41.2 Å². The van der Waals surface area contributed by atoms with Gasteiger partial charge < -0.3 is 9.88 Å². The third kappa shape index (κ3) is 5.94. The van der Waals surface area contributed by atoms with Gasteiger partial charge in [0.05, 0.1) is 35.5 Å². The summed E-state index contributed by atoms with van der Waals surface area (Å²) in [6, 6.07) is 7.57. The van der Waals surface area contributed by atoms with E-state index in [0.29, 0.717) is 18.5 Å². The Hall–Kier alpha value is -4.56. The summed E-state index contributed by atoms with van der Waals surface area (Å²) < 4.78 is 60.2. The highest BCUT2D eigenvalue weighted by Crippen LogP contribution is 2.37. The molecule has 6 rings (SSSR count). The first kappa shape index (κ1) is 30.5. The van der Waals surface area contributed by atoms with E-state index in [1.54, 1.807) is 19.1 Å². The second-order valence-corrected chi connectivity index (χ2v) is 11.3. The topological polar surface area (TPSA) is 113 Å². The van der Waals surface area contributed by atoms with Gasteiger partial charge in [0.15, 0.2) is 5.15 Å². The number of nitrogens with zero attached hydrogens (tertiary/aromatic N) is 7. The number of rotatable bonds is 3. The number of amides is 1. The van der Waals surface area contributed by atoms with Gasteiger partial charge in [0.1, 0.15) is 11.5 Å². The number of alkyl halides is 3. The summed E-state index contributed by atoms with van der Waals surface area (Å²) in [5, 5.41) is 14.1. The zero-order valence-corrected chi connectivity index (χ0v) is 24.8. The van der Waals surface area contributed by atoms with E-state index in [-0.39, 0.29) is 49.4 Å². The van der Waals surface area contributed by atoms with Gasteiger partial charge in [-0.1, -0.05) is 41.8 Å². The molecular weight excluding hydrogens is 639 g/mol. The number of halogens is 6. The van der Waals surface area contributed by atoms with E-state index in [4.69, 9.17) is 23.2 Å². The molecule has 45 heavy (non-hydrogen) atoms. The van der Waals surface area contributed by atoms with Crippen LogP contribution in [0.3, 0.4) is 0 Å². The Labute approximate surface area is 262 Å². The molecule has 5 aromatic rings. The summed E-state index contributed by atoms with van der Waals surface area (Å²) >= 11 is 12.2. The summed E-state index contributed by atoms with van der Waals surface area (Å²) in [5.74, 6) is -1.85. The molecule has 0 fully saturated rings. The van der Waals surface area contributed by atoms with Crippen LogP contribution in [0.2, 0.25) is 10.2 Å². The van der Waals surface area contributed by atoms with E-state index in [2.05, 4.69) is 25.7 Å². The highest BCUT2D eigenvalue weighted by molar-refractivity contribution is 6.31. The Morgan fingerprint density at radius 1 is 1.02 bits per heavy atom. The molecule has 1 aliphatic rings.